The van der Waals surface area contributed by atoms with E-state index in [0.29, 0.717) is 18.9 Å². The van der Waals surface area contributed by atoms with Crippen molar-refractivity contribution in [3.63, 3.8) is 0 Å². The summed E-state index contributed by atoms with van der Waals surface area (Å²) < 4.78 is 7.95. The van der Waals surface area contributed by atoms with E-state index in [0.717, 1.165) is 68.1 Å². The average molecular weight is 365 g/mol. The average Bonchev–Trinajstić information content (AvgIpc) is 3.44. The molecule has 2 aliphatic rings. The summed E-state index contributed by atoms with van der Waals surface area (Å²) in [5.41, 5.74) is 3.84. The molecule has 0 aliphatic carbocycles. The summed E-state index contributed by atoms with van der Waals surface area (Å²) in [7, 11) is 0. The molecular formula is C20H23N5O2. The Hall–Kier alpha value is -2.83. The van der Waals surface area contributed by atoms with Gasteiger partial charge in [0.2, 0.25) is 5.91 Å². The van der Waals surface area contributed by atoms with Gasteiger partial charge in [-0.1, -0.05) is 12.1 Å². The van der Waals surface area contributed by atoms with Gasteiger partial charge in [0.15, 0.2) is 5.58 Å². The van der Waals surface area contributed by atoms with Crippen LogP contribution in [0.4, 0.5) is 6.01 Å². The normalized spacial score (nSPS) is 16.9. The lowest BCUT2D eigenvalue weighted by atomic mass is 10.2. The number of fused-ring (bicyclic) bond motifs is 2. The molecule has 0 radical (unpaired) electrons. The second-order valence-corrected chi connectivity index (χ2v) is 7.32. The van der Waals surface area contributed by atoms with Gasteiger partial charge in [-0.05, 0) is 31.0 Å². The molecule has 0 unspecified atom stereocenters. The van der Waals surface area contributed by atoms with Crippen LogP contribution < -0.4 is 4.90 Å². The molecule has 0 atom stereocenters. The SMILES string of the molecule is O=C(CCc1cc2n(n1)CCN(c1nc3ccccc3o1)C2)N1CCCC1. The molecule has 7 heteroatoms. The molecule has 1 aromatic carbocycles. The second kappa shape index (κ2) is 6.72. The highest BCUT2D eigenvalue weighted by Gasteiger charge is 2.23. The van der Waals surface area contributed by atoms with E-state index in [2.05, 4.69) is 25.7 Å². The molecule has 27 heavy (non-hydrogen) atoms. The maximum atomic E-state index is 12.2. The number of rotatable bonds is 4. The first kappa shape index (κ1) is 16.4. The summed E-state index contributed by atoms with van der Waals surface area (Å²) in [5, 5.41) is 4.69. The largest absolute Gasteiger partial charge is 0.423 e. The lowest BCUT2D eigenvalue weighted by Gasteiger charge is -2.25. The van der Waals surface area contributed by atoms with Crippen LogP contribution in [0.2, 0.25) is 0 Å². The minimum Gasteiger partial charge on any atom is -0.423 e. The summed E-state index contributed by atoms with van der Waals surface area (Å²) in [4.78, 5) is 21.0. The molecule has 0 spiro atoms. The van der Waals surface area contributed by atoms with Crippen molar-refractivity contribution in [2.45, 2.75) is 38.8 Å². The molecule has 1 saturated heterocycles. The number of anilines is 1. The Bertz CT molecular complexity index is 937. The number of nitrogens with zero attached hydrogens (tertiary/aromatic N) is 5. The molecule has 5 rings (SSSR count). The first-order valence-electron chi connectivity index (χ1n) is 9.70. The maximum absolute atomic E-state index is 12.2. The topological polar surface area (TPSA) is 67.4 Å². The Morgan fingerprint density at radius 2 is 1.96 bits per heavy atom. The highest BCUT2D eigenvalue weighted by molar-refractivity contribution is 5.76. The molecule has 7 nitrogen and oxygen atoms in total. The van der Waals surface area contributed by atoms with Crippen LogP contribution in [-0.2, 0) is 24.3 Å². The maximum Gasteiger partial charge on any atom is 0.298 e. The van der Waals surface area contributed by atoms with Crippen LogP contribution in [0.5, 0.6) is 0 Å². The Balaban J connectivity index is 1.26. The van der Waals surface area contributed by atoms with Crippen molar-refractivity contribution in [3.8, 4) is 0 Å². The fourth-order valence-corrected chi connectivity index (χ4v) is 3.97. The molecule has 3 aromatic rings. The van der Waals surface area contributed by atoms with Gasteiger partial charge in [-0.25, -0.2) is 0 Å². The number of hydrogen-bond donors (Lipinski definition) is 0. The van der Waals surface area contributed by atoms with E-state index in [9.17, 15) is 4.79 Å². The Kier molecular flexibility index (Phi) is 4.07. The third-order valence-electron chi connectivity index (χ3n) is 5.46. The Labute approximate surface area is 157 Å². The summed E-state index contributed by atoms with van der Waals surface area (Å²) in [6.45, 7) is 4.16. The van der Waals surface area contributed by atoms with E-state index in [-0.39, 0.29) is 5.91 Å². The minimum absolute atomic E-state index is 0.256. The molecule has 4 heterocycles. The molecule has 2 aromatic heterocycles. The Morgan fingerprint density at radius 3 is 2.81 bits per heavy atom. The standard InChI is InChI=1S/C20H23N5O2/c26-19(23-9-3-4-10-23)8-7-15-13-16-14-24(11-12-25(16)22-15)20-21-17-5-1-2-6-18(17)27-20/h1-2,5-6,13H,3-4,7-12,14H2. The van der Waals surface area contributed by atoms with Gasteiger partial charge >= 0.3 is 0 Å². The third-order valence-corrected chi connectivity index (χ3v) is 5.46. The highest BCUT2D eigenvalue weighted by Crippen LogP contribution is 2.25. The zero-order chi connectivity index (χ0) is 18.2. The van der Waals surface area contributed by atoms with Gasteiger partial charge in [-0.2, -0.15) is 10.1 Å². The summed E-state index contributed by atoms with van der Waals surface area (Å²) in [6.07, 6.45) is 3.52. The van der Waals surface area contributed by atoms with E-state index < -0.39 is 0 Å². The zero-order valence-electron chi connectivity index (χ0n) is 15.3. The van der Waals surface area contributed by atoms with E-state index in [1.165, 1.54) is 0 Å². The van der Waals surface area contributed by atoms with Gasteiger partial charge in [0.25, 0.3) is 6.01 Å². The summed E-state index contributed by atoms with van der Waals surface area (Å²) in [5.74, 6) is 0.256. The number of hydrogen-bond acceptors (Lipinski definition) is 5. The zero-order valence-corrected chi connectivity index (χ0v) is 15.3. The number of aryl methyl sites for hydroxylation is 1. The van der Waals surface area contributed by atoms with Crippen molar-refractivity contribution in [1.82, 2.24) is 19.7 Å². The van der Waals surface area contributed by atoms with Crippen molar-refractivity contribution in [2.24, 2.45) is 0 Å². The van der Waals surface area contributed by atoms with Crippen LogP contribution in [0.25, 0.3) is 11.1 Å². The third kappa shape index (κ3) is 3.18. The van der Waals surface area contributed by atoms with Crippen molar-refractivity contribution in [3.05, 3.63) is 41.7 Å². The number of carbonyl (C=O) groups is 1. The second-order valence-electron chi connectivity index (χ2n) is 7.32. The number of carbonyl (C=O) groups excluding carboxylic acids is 1. The number of likely N-dealkylation sites (tertiary alicyclic amines) is 1. The van der Waals surface area contributed by atoms with Gasteiger partial charge in [-0.15, -0.1) is 0 Å². The Morgan fingerprint density at radius 1 is 1.11 bits per heavy atom. The molecule has 0 bridgehead atoms. The predicted molar refractivity (Wildman–Crippen MR) is 101 cm³/mol. The first-order chi connectivity index (χ1) is 13.3. The quantitative estimate of drug-likeness (QED) is 0.711. The van der Waals surface area contributed by atoms with E-state index in [1.807, 2.05) is 29.2 Å². The molecular weight excluding hydrogens is 342 g/mol. The molecule has 0 N–H and O–H groups in total. The first-order valence-corrected chi connectivity index (χ1v) is 9.70. The summed E-state index contributed by atoms with van der Waals surface area (Å²) >= 11 is 0. The fraction of sp³-hybridized carbons (Fsp3) is 0.450. The lowest BCUT2D eigenvalue weighted by molar-refractivity contribution is -0.130. The predicted octanol–water partition coefficient (Wildman–Crippen LogP) is 2.60. The smallest absolute Gasteiger partial charge is 0.298 e. The van der Waals surface area contributed by atoms with Gasteiger partial charge in [0.1, 0.15) is 5.52 Å². The molecule has 0 saturated carbocycles. The molecule has 140 valence electrons. The van der Waals surface area contributed by atoms with E-state index in [4.69, 9.17) is 4.42 Å². The van der Waals surface area contributed by atoms with Crippen molar-refractivity contribution in [1.29, 1.82) is 0 Å². The molecule has 1 fully saturated rings. The van der Waals surface area contributed by atoms with Crippen LogP contribution >= 0.6 is 0 Å². The molecule has 1 amide bonds. The lowest BCUT2D eigenvalue weighted by Crippen LogP contribution is -2.33. The van der Waals surface area contributed by atoms with Gasteiger partial charge < -0.3 is 14.2 Å². The number of aromatic nitrogens is 3. The summed E-state index contributed by atoms with van der Waals surface area (Å²) in [6, 6.07) is 10.6. The van der Waals surface area contributed by atoms with E-state index >= 15 is 0 Å². The van der Waals surface area contributed by atoms with Gasteiger partial charge in [0, 0.05) is 32.5 Å². The number of oxazole rings is 1. The van der Waals surface area contributed by atoms with Crippen LogP contribution in [0.15, 0.2) is 34.7 Å². The van der Waals surface area contributed by atoms with Crippen molar-refractivity contribution in [2.75, 3.05) is 24.5 Å². The van der Waals surface area contributed by atoms with Crippen molar-refractivity contribution < 1.29 is 9.21 Å². The van der Waals surface area contributed by atoms with Crippen LogP contribution in [0.3, 0.4) is 0 Å². The number of benzene rings is 1. The highest BCUT2D eigenvalue weighted by atomic mass is 16.4. The van der Waals surface area contributed by atoms with Crippen LogP contribution in [0.1, 0.15) is 30.7 Å². The van der Waals surface area contributed by atoms with Crippen molar-refractivity contribution >= 4 is 23.0 Å². The van der Waals surface area contributed by atoms with Crippen LogP contribution in [-0.4, -0.2) is 45.2 Å². The van der Waals surface area contributed by atoms with Gasteiger partial charge in [0.05, 0.1) is 24.5 Å². The van der Waals surface area contributed by atoms with Gasteiger partial charge in [-0.3, -0.25) is 9.48 Å². The monoisotopic (exact) mass is 365 g/mol. The number of para-hydroxylation sites is 2. The fourth-order valence-electron chi connectivity index (χ4n) is 3.97. The molecule has 2 aliphatic heterocycles. The minimum atomic E-state index is 0.256. The van der Waals surface area contributed by atoms with Crippen LogP contribution in [0, 0.1) is 0 Å². The number of amides is 1. The van der Waals surface area contributed by atoms with E-state index in [1.54, 1.807) is 0 Å².